The highest BCUT2D eigenvalue weighted by Gasteiger charge is 2.09. The van der Waals surface area contributed by atoms with Crippen molar-refractivity contribution in [3.63, 3.8) is 0 Å². The van der Waals surface area contributed by atoms with Gasteiger partial charge in [-0.05, 0) is 18.6 Å². The van der Waals surface area contributed by atoms with Crippen molar-refractivity contribution in [2.45, 2.75) is 20.0 Å². The van der Waals surface area contributed by atoms with Crippen LogP contribution in [0.1, 0.15) is 16.9 Å². The summed E-state index contributed by atoms with van der Waals surface area (Å²) in [6, 6.07) is 18.6. The van der Waals surface area contributed by atoms with Gasteiger partial charge < -0.3 is 9.73 Å². The van der Waals surface area contributed by atoms with E-state index in [9.17, 15) is 0 Å². The zero-order chi connectivity index (χ0) is 13.1. The molecule has 0 radical (unpaired) electrons. The van der Waals surface area contributed by atoms with Crippen LogP contribution in [0.25, 0.3) is 11.0 Å². The fourth-order valence-corrected chi connectivity index (χ4v) is 2.37. The lowest BCUT2D eigenvalue weighted by Crippen LogP contribution is -2.12. The molecule has 0 unspecified atom stereocenters. The molecule has 0 fully saturated rings. The van der Waals surface area contributed by atoms with Crippen LogP contribution in [0.15, 0.2) is 59.0 Å². The highest BCUT2D eigenvalue weighted by molar-refractivity contribution is 5.82. The van der Waals surface area contributed by atoms with Crippen molar-refractivity contribution >= 4 is 11.0 Å². The molecule has 0 aliphatic heterocycles. The lowest BCUT2D eigenvalue weighted by molar-refractivity contribution is 0.565. The number of rotatable bonds is 4. The second-order valence-electron chi connectivity index (χ2n) is 4.72. The van der Waals surface area contributed by atoms with Crippen LogP contribution < -0.4 is 5.32 Å². The van der Waals surface area contributed by atoms with Gasteiger partial charge in [-0.25, -0.2) is 0 Å². The summed E-state index contributed by atoms with van der Waals surface area (Å²) in [7, 11) is 0. The number of fused-ring (bicyclic) bond motifs is 1. The van der Waals surface area contributed by atoms with Crippen molar-refractivity contribution in [3.05, 3.63) is 71.5 Å². The van der Waals surface area contributed by atoms with Crippen LogP contribution >= 0.6 is 0 Å². The minimum Gasteiger partial charge on any atom is -0.461 e. The number of para-hydroxylation sites is 1. The fourth-order valence-electron chi connectivity index (χ4n) is 2.37. The van der Waals surface area contributed by atoms with E-state index in [0.717, 1.165) is 24.4 Å². The molecule has 3 rings (SSSR count). The van der Waals surface area contributed by atoms with E-state index in [0.29, 0.717) is 0 Å². The Bertz CT molecular complexity index is 670. The summed E-state index contributed by atoms with van der Waals surface area (Å²) in [5.74, 6) is 1.00. The topological polar surface area (TPSA) is 25.2 Å². The molecule has 1 heterocycles. The van der Waals surface area contributed by atoms with E-state index in [2.05, 4.69) is 41.7 Å². The Morgan fingerprint density at radius 1 is 0.895 bits per heavy atom. The van der Waals surface area contributed by atoms with Gasteiger partial charge in [-0.3, -0.25) is 0 Å². The number of aryl methyl sites for hydroxylation is 1. The van der Waals surface area contributed by atoms with E-state index in [1.54, 1.807) is 0 Å². The van der Waals surface area contributed by atoms with Crippen LogP contribution in [0, 0.1) is 6.92 Å². The van der Waals surface area contributed by atoms with Crippen LogP contribution in [0.5, 0.6) is 0 Å². The van der Waals surface area contributed by atoms with Gasteiger partial charge in [-0.2, -0.15) is 0 Å². The van der Waals surface area contributed by atoms with E-state index in [1.807, 2.05) is 25.1 Å². The van der Waals surface area contributed by atoms with Gasteiger partial charge in [-0.1, -0.05) is 48.5 Å². The molecule has 0 aliphatic rings. The van der Waals surface area contributed by atoms with Gasteiger partial charge in [0.2, 0.25) is 0 Å². The second-order valence-corrected chi connectivity index (χ2v) is 4.72. The Labute approximate surface area is 113 Å². The van der Waals surface area contributed by atoms with E-state index >= 15 is 0 Å². The van der Waals surface area contributed by atoms with Crippen molar-refractivity contribution in [2.75, 3.05) is 0 Å². The summed E-state index contributed by atoms with van der Waals surface area (Å²) < 4.78 is 5.76. The average molecular weight is 251 g/mol. The van der Waals surface area contributed by atoms with Crippen LogP contribution in [0.3, 0.4) is 0 Å². The zero-order valence-corrected chi connectivity index (χ0v) is 11.0. The summed E-state index contributed by atoms with van der Waals surface area (Å²) in [6.45, 7) is 3.73. The molecule has 0 aliphatic carbocycles. The van der Waals surface area contributed by atoms with E-state index in [1.165, 1.54) is 16.5 Å². The summed E-state index contributed by atoms with van der Waals surface area (Å²) in [5, 5.41) is 4.69. The van der Waals surface area contributed by atoms with Gasteiger partial charge in [-0.15, -0.1) is 0 Å². The molecule has 1 N–H and O–H groups in total. The summed E-state index contributed by atoms with van der Waals surface area (Å²) in [5.41, 5.74) is 3.52. The number of furan rings is 1. The van der Waals surface area contributed by atoms with Gasteiger partial charge in [0.15, 0.2) is 0 Å². The van der Waals surface area contributed by atoms with Crippen molar-refractivity contribution in [1.82, 2.24) is 5.32 Å². The molecule has 2 heteroatoms. The predicted octanol–water partition coefficient (Wildman–Crippen LogP) is 4.03. The number of hydrogen-bond acceptors (Lipinski definition) is 2. The molecule has 2 aromatic carbocycles. The second kappa shape index (κ2) is 5.29. The van der Waals surface area contributed by atoms with E-state index in [4.69, 9.17) is 4.42 Å². The first kappa shape index (κ1) is 12.0. The maximum atomic E-state index is 5.76. The van der Waals surface area contributed by atoms with Crippen LogP contribution in [0.2, 0.25) is 0 Å². The number of benzene rings is 2. The van der Waals surface area contributed by atoms with E-state index in [-0.39, 0.29) is 0 Å². The van der Waals surface area contributed by atoms with Crippen molar-refractivity contribution in [2.24, 2.45) is 0 Å². The minimum absolute atomic E-state index is 0.831. The van der Waals surface area contributed by atoms with Gasteiger partial charge in [0.05, 0.1) is 0 Å². The third-order valence-corrected chi connectivity index (χ3v) is 3.37. The molecule has 0 saturated heterocycles. The molecular weight excluding hydrogens is 234 g/mol. The molecule has 0 bridgehead atoms. The maximum absolute atomic E-state index is 5.76. The minimum atomic E-state index is 0.831. The molecule has 2 nitrogen and oxygen atoms in total. The Kier molecular flexibility index (Phi) is 3.34. The van der Waals surface area contributed by atoms with Crippen LogP contribution in [0.4, 0.5) is 0 Å². The van der Waals surface area contributed by atoms with Crippen molar-refractivity contribution in [1.29, 1.82) is 0 Å². The van der Waals surface area contributed by atoms with Gasteiger partial charge >= 0.3 is 0 Å². The SMILES string of the molecule is Cc1oc2ccccc2c1CNCc1ccccc1. The predicted molar refractivity (Wildman–Crippen MR) is 77.9 cm³/mol. The molecule has 0 spiro atoms. The monoisotopic (exact) mass is 251 g/mol. The Hall–Kier alpha value is -2.06. The fraction of sp³-hybridized carbons (Fsp3) is 0.176. The van der Waals surface area contributed by atoms with Gasteiger partial charge in [0, 0.05) is 24.0 Å². The third kappa shape index (κ3) is 2.54. The maximum Gasteiger partial charge on any atom is 0.134 e. The van der Waals surface area contributed by atoms with E-state index < -0.39 is 0 Å². The summed E-state index contributed by atoms with van der Waals surface area (Å²) in [6.07, 6.45) is 0. The molecule has 0 amide bonds. The molecule has 0 saturated carbocycles. The standard InChI is InChI=1S/C17H17NO/c1-13-16(15-9-5-6-10-17(15)19-13)12-18-11-14-7-3-2-4-8-14/h2-10,18H,11-12H2,1H3. The smallest absolute Gasteiger partial charge is 0.134 e. The highest BCUT2D eigenvalue weighted by Crippen LogP contribution is 2.24. The molecular formula is C17H17NO. The Morgan fingerprint density at radius 3 is 2.47 bits per heavy atom. The van der Waals surface area contributed by atoms with Gasteiger partial charge in [0.25, 0.3) is 0 Å². The highest BCUT2D eigenvalue weighted by atomic mass is 16.3. The molecule has 0 atom stereocenters. The summed E-state index contributed by atoms with van der Waals surface area (Å²) >= 11 is 0. The number of hydrogen-bond donors (Lipinski definition) is 1. The largest absolute Gasteiger partial charge is 0.461 e. The summed E-state index contributed by atoms with van der Waals surface area (Å²) in [4.78, 5) is 0. The van der Waals surface area contributed by atoms with Crippen LogP contribution in [-0.4, -0.2) is 0 Å². The molecule has 3 aromatic rings. The first-order valence-electron chi connectivity index (χ1n) is 6.56. The normalized spacial score (nSPS) is 11.0. The quantitative estimate of drug-likeness (QED) is 0.757. The van der Waals surface area contributed by atoms with Crippen molar-refractivity contribution in [3.8, 4) is 0 Å². The Morgan fingerprint density at radius 2 is 1.63 bits per heavy atom. The van der Waals surface area contributed by atoms with Crippen LogP contribution in [-0.2, 0) is 13.1 Å². The zero-order valence-electron chi connectivity index (χ0n) is 11.0. The van der Waals surface area contributed by atoms with Gasteiger partial charge in [0.1, 0.15) is 11.3 Å². The lowest BCUT2D eigenvalue weighted by Gasteiger charge is -2.04. The average Bonchev–Trinajstić information content (AvgIpc) is 2.76. The Balaban J connectivity index is 1.73. The molecule has 1 aromatic heterocycles. The number of nitrogens with one attached hydrogen (secondary N) is 1. The first-order chi connectivity index (χ1) is 9.34. The lowest BCUT2D eigenvalue weighted by atomic mass is 10.1. The third-order valence-electron chi connectivity index (χ3n) is 3.37. The van der Waals surface area contributed by atoms with Crippen molar-refractivity contribution < 1.29 is 4.42 Å². The molecule has 96 valence electrons. The first-order valence-corrected chi connectivity index (χ1v) is 6.56. The molecule has 19 heavy (non-hydrogen) atoms.